The summed E-state index contributed by atoms with van der Waals surface area (Å²) in [5.41, 5.74) is 0.971. The highest BCUT2D eigenvalue weighted by Gasteiger charge is 2.18. The summed E-state index contributed by atoms with van der Waals surface area (Å²) in [5, 5.41) is 3.03. The van der Waals surface area contributed by atoms with Crippen LogP contribution in [0.5, 0.6) is 0 Å². The molecule has 0 saturated carbocycles. The largest absolute Gasteiger partial charge is 0.349 e. The van der Waals surface area contributed by atoms with Crippen LogP contribution in [0.25, 0.3) is 0 Å². The fourth-order valence-electron chi connectivity index (χ4n) is 1.67. The minimum Gasteiger partial charge on any atom is -0.349 e. The number of nitrogens with zero attached hydrogens (tertiary/aromatic N) is 1. The number of nitrogens with one attached hydrogen (secondary N) is 2. The molecule has 0 atom stereocenters. The van der Waals surface area contributed by atoms with Crippen LogP contribution in [0, 0.1) is 0 Å². The lowest BCUT2D eigenvalue weighted by atomic mass is 10.4. The van der Waals surface area contributed by atoms with E-state index in [2.05, 4.69) is 10.0 Å². The number of aromatic nitrogens is 1. The van der Waals surface area contributed by atoms with E-state index in [0.717, 1.165) is 12.2 Å². The maximum absolute atomic E-state index is 12.0. The van der Waals surface area contributed by atoms with Gasteiger partial charge in [0.15, 0.2) is 0 Å². The Bertz CT molecular complexity index is 463. The van der Waals surface area contributed by atoms with Crippen molar-refractivity contribution in [2.24, 2.45) is 0 Å². The molecular formula is C11H21N3O2S. The van der Waals surface area contributed by atoms with Crippen molar-refractivity contribution in [2.45, 2.75) is 44.8 Å². The molecule has 0 aliphatic rings. The fraction of sp³-hybridized carbons (Fsp3) is 0.636. The zero-order valence-corrected chi connectivity index (χ0v) is 11.6. The highest BCUT2D eigenvalue weighted by Crippen LogP contribution is 2.14. The molecule has 6 heteroatoms. The van der Waals surface area contributed by atoms with Crippen LogP contribution >= 0.6 is 0 Å². The molecule has 98 valence electrons. The van der Waals surface area contributed by atoms with E-state index >= 15 is 0 Å². The predicted molar refractivity (Wildman–Crippen MR) is 68.3 cm³/mol. The summed E-state index contributed by atoms with van der Waals surface area (Å²) in [7, 11) is -1.55. The molecule has 17 heavy (non-hydrogen) atoms. The van der Waals surface area contributed by atoms with Crippen LogP contribution in [-0.4, -0.2) is 26.1 Å². The third kappa shape index (κ3) is 3.55. The van der Waals surface area contributed by atoms with E-state index in [4.69, 9.17) is 0 Å². The maximum Gasteiger partial charge on any atom is 0.242 e. The molecule has 0 amide bonds. The molecule has 0 bridgehead atoms. The first-order chi connectivity index (χ1) is 7.90. The van der Waals surface area contributed by atoms with Crippen molar-refractivity contribution < 1.29 is 8.42 Å². The Morgan fingerprint density at radius 1 is 1.41 bits per heavy atom. The smallest absolute Gasteiger partial charge is 0.242 e. The first-order valence-electron chi connectivity index (χ1n) is 5.76. The molecule has 1 aromatic heterocycles. The third-order valence-corrected chi connectivity index (χ3v) is 3.99. The van der Waals surface area contributed by atoms with Crippen molar-refractivity contribution in [3.8, 4) is 0 Å². The van der Waals surface area contributed by atoms with Gasteiger partial charge in [-0.3, -0.25) is 0 Å². The molecule has 0 saturated heterocycles. The Kier molecular flexibility index (Phi) is 4.73. The van der Waals surface area contributed by atoms with Gasteiger partial charge in [-0.25, -0.2) is 13.1 Å². The average molecular weight is 259 g/mol. The normalized spacial score (nSPS) is 12.3. The minimum atomic E-state index is -3.39. The van der Waals surface area contributed by atoms with Gasteiger partial charge in [0.2, 0.25) is 10.0 Å². The lowest BCUT2D eigenvalue weighted by Gasteiger charge is -2.07. The van der Waals surface area contributed by atoms with Gasteiger partial charge in [0.1, 0.15) is 0 Å². The Balaban J connectivity index is 3.07. The number of hydrogen-bond donors (Lipinski definition) is 2. The van der Waals surface area contributed by atoms with Gasteiger partial charge in [0.05, 0.1) is 4.90 Å². The van der Waals surface area contributed by atoms with Gasteiger partial charge in [-0.05, 0) is 33.9 Å². The number of hydrogen-bond acceptors (Lipinski definition) is 3. The molecule has 5 nitrogen and oxygen atoms in total. The van der Waals surface area contributed by atoms with Gasteiger partial charge >= 0.3 is 0 Å². The van der Waals surface area contributed by atoms with Crippen molar-refractivity contribution in [3.05, 3.63) is 18.0 Å². The van der Waals surface area contributed by atoms with Crippen LogP contribution in [0.15, 0.2) is 17.2 Å². The summed E-state index contributed by atoms with van der Waals surface area (Å²) in [6, 6.07) is 1.61. The average Bonchev–Trinajstić information content (AvgIpc) is 2.60. The quantitative estimate of drug-likeness (QED) is 0.798. The van der Waals surface area contributed by atoms with Gasteiger partial charge in [-0.1, -0.05) is 0 Å². The second kappa shape index (κ2) is 5.66. The molecule has 1 aromatic rings. The first kappa shape index (κ1) is 14.2. The monoisotopic (exact) mass is 259 g/mol. The van der Waals surface area contributed by atoms with Crippen LogP contribution < -0.4 is 10.0 Å². The molecule has 0 aliphatic carbocycles. The Hall–Kier alpha value is -0.850. The summed E-state index contributed by atoms with van der Waals surface area (Å²) in [6.07, 6.45) is 1.68. The Morgan fingerprint density at radius 2 is 2.06 bits per heavy atom. The van der Waals surface area contributed by atoms with Crippen LogP contribution in [0.3, 0.4) is 0 Å². The lowest BCUT2D eigenvalue weighted by Crippen LogP contribution is -2.29. The van der Waals surface area contributed by atoms with E-state index in [1.54, 1.807) is 12.3 Å². The zero-order valence-electron chi connectivity index (χ0n) is 10.8. The maximum atomic E-state index is 12.0. The van der Waals surface area contributed by atoms with Crippen LogP contribution in [-0.2, 0) is 23.1 Å². The summed E-state index contributed by atoms with van der Waals surface area (Å²) in [4.78, 5) is 0.332. The topological polar surface area (TPSA) is 63.1 Å². The molecule has 0 unspecified atom stereocenters. The van der Waals surface area contributed by atoms with Crippen LogP contribution in [0.1, 0.15) is 26.5 Å². The van der Waals surface area contributed by atoms with Gasteiger partial charge in [0, 0.05) is 31.0 Å². The summed E-state index contributed by atoms with van der Waals surface area (Å²) in [5.74, 6) is 0. The number of rotatable bonds is 6. The first-order valence-corrected chi connectivity index (χ1v) is 7.25. The zero-order chi connectivity index (χ0) is 13.1. The molecule has 0 aliphatic heterocycles. The lowest BCUT2D eigenvalue weighted by molar-refractivity contribution is 0.569. The van der Waals surface area contributed by atoms with Crippen molar-refractivity contribution in [3.63, 3.8) is 0 Å². The van der Waals surface area contributed by atoms with Gasteiger partial charge < -0.3 is 9.88 Å². The highest BCUT2D eigenvalue weighted by molar-refractivity contribution is 7.89. The summed E-state index contributed by atoms with van der Waals surface area (Å²) < 4.78 is 28.5. The molecule has 1 heterocycles. The highest BCUT2D eigenvalue weighted by atomic mass is 32.2. The molecule has 0 aromatic carbocycles. The van der Waals surface area contributed by atoms with E-state index in [0.29, 0.717) is 11.4 Å². The van der Waals surface area contributed by atoms with Crippen molar-refractivity contribution in [1.29, 1.82) is 0 Å². The van der Waals surface area contributed by atoms with Gasteiger partial charge in [-0.15, -0.1) is 0 Å². The van der Waals surface area contributed by atoms with Crippen molar-refractivity contribution in [1.82, 2.24) is 14.6 Å². The second-order valence-electron chi connectivity index (χ2n) is 4.26. The van der Waals surface area contributed by atoms with Gasteiger partial charge in [0.25, 0.3) is 0 Å². The third-order valence-electron chi connectivity index (χ3n) is 2.36. The van der Waals surface area contributed by atoms with Crippen LogP contribution in [0.2, 0.25) is 0 Å². The number of sulfonamides is 1. The molecule has 1 rings (SSSR count). The molecule has 2 N–H and O–H groups in total. The van der Waals surface area contributed by atoms with E-state index < -0.39 is 10.0 Å². The van der Waals surface area contributed by atoms with Gasteiger partial charge in [-0.2, -0.15) is 0 Å². The fourth-order valence-corrected chi connectivity index (χ4v) is 2.99. The standard InChI is InChI=1S/C11H21N3O2S/c1-5-14-8-11(6-10(14)7-12-4)17(15,16)13-9(2)3/h6,8-9,12-13H,5,7H2,1-4H3. The van der Waals surface area contributed by atoms with E-state index in [-0.39, 0.29) is 6.04 Å². The Morgan fingerprint density at radius 3 is 2.53 bits per heavy atom. The Labute approximate surface area is 103 Å². The van der Waals surface area contributed by atoms with Crippen molar-refractivity contribution >= 4 is 10.0 Å². The summed E-state index contributed by atoms with van der Waals surface area (Å²) in [6.45, 7) is 7.02. The van der Waals surface area contributed by atoms with Crippen molar-refractivity contribution in [2.75, 3.05) is 7.05 Å². The predicted octanol–water partition coefficient (Wildman–Crippen LogP) is 0.914. The molecule has 0 spiro atoms. The van der Waals surface area contributed by atoms with Crippen LogP contribution in [0.4, 0.5) is 0 Å². The number of aryl methyl sites for hydroxylation is 1. The minimum absolute atomic E-state index is 0.0993. The van der Waals surface area contributed by atoms with E-state index in [9.17, 15) is 8.42 Å². The molecular weight excluding hydrogens is 238 g/mol. The molecule has 0 fully saturated rings. The second-order valence-corrected chi connectivity index (χ2v) is 5.97. The van der Waals surface area contributed by atoms with E-state index in [1.165, 1.54) is 0 Å². The molecule has 0 radical (unpaired) electrons. The van der Waals surface area contributed by atoms with E-state index in [1.807, 2.05) is 32.4 Å². The summed E-state index contributed by atoms with van der Waals surface area (Å²) >= 11 is 0. The SMILES string of the molecule is CCn1cc(S(=O)(=O)NC(C)C)cc1CNC.